The molecule has 0 aliphatic carbocycles. The van der Waals surface area contributed by atoms with Gasteiger partial charge in [0.2, 0.25) is 0 Å². The number of carbonyl (C=O) groups excluding carboxylic acids is 1. The van der Waals surface area contributed by atoms with Crippen LogP contribution in [-0.4, -0.2) is 12.0 Å². The van der Waals surface area contributed by atoms with Crippen LogP contribution in [0.5, 0.6) is 5.75 Å². The molecular formula is C21H21NO2. The topological polar surface area (TPSA) is 38.3 Å². The number of carbonyl (C=O) groups is 1. The number of ether oxygens (including phenoxy) is 1. The van der Waals surface area contributed by atoms with Crippen molar-refractivity contribution in [3.05, 3.63) is 71.8 Å². The zero-order chi connectivity index (χ0) is 17.1. The fourth-order valence-corrected chi connectivity index (χ4v) is 2.61. The van der Waals surface area contributed by atoms with Gasteiger partial charge in [0.15, 0.2) is 6.10 Å². The third kappa shape index (κ3) is 3.40. The molecule has 0 spiro atoms. The Labute approximate surface area is 142 Å². The molecule has 0 heterocycles. The molecule has 1 N–H and O–H groups in total. The van der Waals surface area contributed by atoms with Crippen LogP contribution >= 0.6 is 0 Å². The normalized spacial score (nSPS) is 12.0. The maximum absolute atomic E-state index is 12.4. The molecule has 0 aliphatic heterocycles. The van der Waals surface area contributed by atoms with E-state index in [0.717, 1.165) is 33.3 Å². The molecule has 24 heavy (non-hydrogen) atoms. The van der Waals surface area contributed by atoms with E-state index in [9.17, 15) is 4.79 Å². The molecule has 3 aromatic carbocycles. The van der Waals surface area contributed by atoms with Crippen molar-refractivity contribution < 1.29 is 9.53 Å². The van der Waals surface area contributed by atoms with E-state index in [2.05, 4.69) is 5.32 Å². The first-order valence-corrected chi connectivity index (χ1v) is 8.07. The van der Waals surface area contributed by atoms with Gasteiger partial charge in [-0.25, -0.2) is 0 Å². The van der Waals surface area contributed by atoms with Crippen LogP contribution in [0.4, 0.5) is 5.69 Å². The number of aryl methyl sites for hydroxylation is 1. The summed E-state index contributed by atoms with van der Waals surface area (Å²) in [6, 6.07) is 19.8. The molecule has 3 rings (SSSR count). The fraction of sp³-hybridized carbons (Fsp3) is 0.190. The number of nitrogens with one attached hydrogen (secondary N) is 1. The van der Waals surface area contributed by atoms with Gasteiger partial charge in [-0.3, -0.25) is 4.79 Å². The summed E-state index contributed by atoms with van der Waals surface area (Å²) >= 11 is 0. The van der Waals surface area contributed by atoms with Gasteiger partial charge in [0, 0.05) is 5.69 Å². The van der Waals surface area contributed by atoms with Crippen LogP contribution in [-0.2, 0) is 4.79 Å². The molecule has 0 radical (unpaired) electrons. The minimum atomic E-state index is -0.572. The van der Waals surface area contributed by atoms with Crippen molar-refractivity contribution >= 4 is 22.4 Å². The van der Waals surface area contributed by atoms with Crippen LogP contribution in [0.25, 0.3) is 10.8 Å². The Hall–Kier alpha value is -2.81. The molecule has 0 saturated carbocycles. The van der Waals surface area contributed by atoms with Gasteiger partial charge in [0.1, 0.15) is 5.75 Å². The van der Waals surface area contributed by atoms with Gasteiger partial charge < -0.3 is 10.1 Å². The van der Waals surface area contributed by atoms with E-state index in [-0.39, 0.29) is 5.91 Å². The number of rotatable bonds is 4. The van der Waals surface area contributed by atoms with Gasteiger partial charge in [-0.05, 0) is 60.9 Å². The Balaban J connectivity index is 1.72. The Morgan fingerprint density at radius 1 is 0.958 bits per heavy atom. The predicted octanol–water partition coefficient (Wildman–Crippen LogP) is 4.86. The van der Waals surface area contributed by atoms with Crippen LogP contribution in [0.2, 0.25) is 0 Å². The van der Waals surface area contributed by atoms with Crippen molar-refractivity contribution in [2.24, 2.45) is 0 Å². The molecule has 0 aromatic heterocycles. The lowest BCUT2D eigenvalue weighted by Gasteiger charge is -2.17. The summed E-state index contributed by atoms with van der Waals surface area (Å²) in [6.45, 7) is 5.79. The van der Waals surface area contributed by atoms with Gasteiger partial charge in [-0.1, -0.05) is 42.5 Å². The Morgan fingerprint density at radius 3 is 2.50 bits per heavy atom. The largest absolute Gasteiger partial charge is 0.481 e. The Kier molecular flexibility index (Phi) is 4.52. The van der Waals surface area contributed by atoms with Gasteiger partial charge >= 0.3 is 0 Å². The molecule has 0 bridgehead atoms. The number of fused-ring (bicyclic) bond motifs is 1. The molecule has 122 valence electrons. The molecule has 3 aromatic rings. The average molecular weight is 319 g/mol. The van der Waals surface area contributed by atoms with E-state index in [0.29, 0.717) is 0 Å². The minimum Gasteiger partial charge on any atom is -0.481 e. The second-order valence-corrected chi connectivity index (χ2v) is 6.01. The molecule has 3 nitrogen and oxygen atoms in total. The molecule has 0 aliphatic rings. The van der Waals surface area contributed by atoms with Crippen LogP contribution in [0.1, 0.15) is 18.1 Å². The van der Waals surface area contributed by atoms with Crippen LogP contribution in [0.15, 0.2) is 60.7 Å². The zero-order valence-electron chi connectivity index (χ0n) is 14.2. The van der Waals surface area contributed by atoms with E-state index in [4.69, 9.17) is 4.74 Å². The van der Waals surface area contributed by atoms with E-state index >= 15 is 0 Å². The summed E-state index contributed by atoms with van der Waals surface area (Å²) in [6.07, 6.45) is -0.572. The van der Waals surface area contributed by atoms with Crippen molar-refractivity contribution in [1.29, 1.82) is 0 Å². The van der Waals surface area contributed by atoms with Crippen LogP contribution < -0.4 is 10.1 Å². The minimum absolute atomic E-state index is 0.161. The molecule has 0 saturated heterocycles. The number of amides is 1. The van der Waals surface area contributed by atoms with E-state index < -0.39 is 6.10 Å². The summed E-state index contributed by atoms with van der Waals surface area (Å²) in [4.78, 5) is 12.4. The summed E-state index contributed by atoms with van der Waals surface area (Å²) in [5.41, 5.74) is 2.98. The highest BCUT2D eigenvalue weighted by Crippen LogP contribution is 2.23. The van der Waals surface area contributed by atoms with Crippen molar-refractivity contribution in [1.82, 2.24) is 0 Å². The third-order valence-electron chi connectivity index (χ3n) is 4.24. The standard InChI is InChI=1S/C21H21NO2/c1-14-7-6-10-20(15(14)2)24-16(3)21(23)22-19-12-11-17-8-4-5-9-18(17)13-19/h4-13,16H,1-3H3,(H,22,23)/t16-/m1/s1. The molecule has 3 heteroatoms. The summed E-state index contributed by atoms with van der Waals surface area (Å²) in [7, 11) is 0. The number of hydrogen-bond donors (Lipinski definition) is 1. The van der Waals surface area contributed by atoms with Gasteiger partial charge in [-0.15, -0.1) is 0 Å². The highest BCUT2D eigenvalue weighted by atomic mass is 16.5. The van der Waals surface area contributed by atoms with Gasteiger partial charge in [-0.2, -0.15) is 0 Å². The van der Waals surface area contributed by atoms with Gasteiger partial charge in [0.25, 0.3) is 5.91 Å². The Bertz CT molecular complexity index is 886. The highest BCUT2D eigenvalue weighted by Gasteiger charge is 2.16. The van der Waals surface area contributed by atoms with Crippen molar-refractivity contribution in [3.63, 3.8) is 0 Å². The lowest BCUT2D eigenvalue weighted by molar-refractivity contribution is -0.122. The maximum atomic E-state index is 12.4. The quantitative estimate of drug-likeness (QED) is 0.745. The number of benzene rings is 3. The van der Waals surface area contributed by atoms with E-state index in [1.807, 2.05) is 74.5 Å². The lowest BCUT2D eigenvalue weighted by Crippen LogP contribution is -2.30. The maximum Gasteiger partial charge on any atom is 0.265 e. The Morgan fingerprint density at radius 2 is 1.71 bits per heavy atom. The first kappa shape index (κ1) is 16.1. The average Bonchev–Trinajstić information content (AvgIpc) is 2.58. The second-order valence-electron chi connectivity index (χ2n) is 6.01. The van der Waals surface area contributed by atoms with Crippen molar-refractivity contribution in [2.75, 3.05) is 5.32 Å². The van der Waals surface area contributed by atoms with Crippen molar-refractivity contribution in [2.45, 2.75) is 26.9 Å². The predicted molar refractivity (Wildman–Crippen MR) is 98.6 cm³/mol. The van der Waals surface area contributed by atoms with Gasteiger partial charge in [0.05, 0.1) is 0 Å². The molecule has 1 amide bonds. The molecule has 0 fully saturated rings. The lowest BCUT2D eigenvalue weighted by atomic mass is 10.1. The van der Waals surface area contributed by atoms with Crippen LogP contribution in [0.3, 0.4) is 0 Å². The number of hydrogen-bond acceptors (Lipinski definition) is 2. The van der Waals surface area contributed by atoms with E-state index in [1.165, 1.54) is 0 Å². The highest BCUT2D eigenvalue weighted by molar-refractivity contribution is 5.96. The fourth-order valence-electron chi connectivity index (χ4n) is 2.61. The van der Waals surface area contributed by atoms with Crippen molar-refractivity contribution in [3.8, 4) is 5.75 Å². The SMILES string of the molecule is Cc1cccc(O[C@H](C)C(=O)Nc2ccc3ccccc3c2)c1C. The third-order valence-corrected chi connectivity index (χ3v) is 4.24. The monoisotopic (exact) mass is 319 g/mol. The smallest absolute Gasteiger partial charge is 0.265 e. The first-order valence-electron chi connectivity index (χ1n) is 8.07. The summed E-state index contributed by atoms with van der Waals surface area (Å²) in [5.74, 6) is 0.586. The van der Waals surface area contributed by atoms with E-state index in [1.54, 1.807) is 6.92 Å². The molecular weight excluding hydrogens is 298 g/mol. The molecule has 0 unspecified atom stereocenters. The molecule has 1 atom stereocenters. The number of anilines is 1. The second kappa shape index (κ2) is 6.75. The first-order chi connectivity index (χ1) is 11.5. The van der Waals surface area contributed by atoms with Crippen LogP contribution in [0, 0.1) is 13.8 Å². The zero-order valence-corrected chi connectivity index (χ0v) is 14.2. The summed E-state index contributed by atoms with van der Waals surface area (Å²) < 4.78 is 5.84. The summed E-state index contributed by atoms with van der Waals surface area (Å²) in [5, 5.41) is 5.17.